The van der Waals surface area contributed by atoms with Gasteiger partial charge in [-0.2, -0.15) is 5.26 Å². The average molecular weight is 495 g/mol. The van der Waals surface area contributed by atoms with Gasteiger partial charge in [0.25, 0.3) is 0 Å². The van der Waals surface area contributed by atoms with Crippen LogP contribution in [0.3, 0.4) is 0 Å². The fourth-order valence-corrected chi connectivity index (χ4v) is 4.07. The number of aromatic nitrogens is 3. The normalized spacial score (nSPS) is 14.0. The van der Waals surface area contributed by atoms with E-state index >= 15 is 0 Å². The van der Waals surface area contributed by atoms with E-state index in [1.165, 1.54) is 7.11 Å². The summed E-state index contributed by atoms with van der Waals surface area (Å²) < 4.78 is 14.3. The van der Waals surface area contributed by atoms with E-state index in [0.29, 0.717) is 29.5 Å². The summed E-state index contributed by atoms with van der Waals surface area (Å²) in [6.45, 7) is 1.10. The van der Waals surface area contributed by atoms with Gasteiger partial charge in [0.05, 0.1) is 13.2 Å². The lowest BCUT2D eigenvalue weighted by Crippen LogP contribution is -2.17. The number of carbonyl (C=O) groups is 1. The molecule has 32 heavy (non-hydrogen) atoms. The number of fused-ring (bicyclic) bond motifs is 1. The van der Waals surface area contributed by atoms with Gasteiger partial charge in [0, 0.05) is 23.0 Å². The third-order valence-corrected chi connectivity index (χ3v) is 6.07. The van der Waals surface area contributed by atoms with Gasteiger partial charge >= 0.3 is 0 Å². The van der Waals surface area contributed by atoms with Crippen LogP contribution in [0.25, 0.3) is 0 Å². The van der Waals surface area contributed by atoms with Gasteiger partial charge in [0.2, 0.25) is 0 Å². The number of ether oxygens (including phenoxy) is 2. The third kappa shape index (κ3) is 4.68. The number of nitriles is 1. The first-order chi connectivity index (χ1) is 15.6. The summed E-state index contributed by atoms with van der Waals surface area (Å²) in [6, 6.07) is 14.9. The Bertz CT molecular complexity index is 1150. The SMILES string of the molecule is COc1cc(C(=O)C(C#N)c2nnc3n2CCCCC3)ccc1OCc1ccc(Br)cc1. The molecule has 2 aromatic carbocycles. The van der Waals surface area contributed by atoms with Crippen LogP contribution in [0.2, 0.25) is 0 Å². The van der Waals surface area contributed by atoms with Crippen molar-refractivity contribution in [2.45, 2.75) is 44.8 Å². The average Bonchev–Trinajstić information content (AvgIpc) is 3.06. The number of benzene rings is 2. The molecule has 1 unspecified atom stereocenters. The predicted molar refractivity (Wildman–Crippen MR) is 122 cm³/mol. The van der Waals surface area contributed by atoms with Crippen LogP contribution in [-0.2, 0) is 19.6 Å². The van der Waals surface area contributed by atoms with Crippen LogP contribution in [0.5, 0.6) is 11.5 Å². The monoisotopic (exact) mass is 494 g/mol. The highest BCUT2D eigenvalue weighted by molar-refractivity contribution is 9.10. The quantitative estimate of drug-likeness (QED) is 0.436. The van der Waals surface area contributed by atoms with E-state index in [0.717, 1.165) is 48.1 Å². The molecule has 0 bridgehead atoms. The Morgan fingerprint density at radius 1 is 1.16 bits per heavy atom. The van der Waals surface area contributed by atoms with Crippen molar-refractivity contribution in [1.29, 1.82) is 5.26 Å². The minimum atomic E-state index is -1.02. The van der Waals surface area contributed by atoms with Gasteiger partial charge in [-0.15, -0.1) is 10.2 Å². The molecule has 1 aliphatic rings. The van der Waals surface area contributed by atoms with Crippen LogP contribution in [-0.4, -0.2) is 27.7 Å². The van der Waals surface area contributed by atoms with Crippen LogP contribution < -0.4 is 9.47 Å². The number of rotatable bonds is 7. The Balaban J connectivity index is 1.55. The first-order valence-electron chi connectivity index (χ1n) is 10.5. The van der Waals surface area contributed by atoms with Crippen LogP contribution >= 0.6 is 15.9 Å². The fraction of sp³-hybridized carbons (Fsp3) is 0.333. The number of hydrogen-bond donors (Lipinski definition) is 0. The van der Waals surface area contributed by atoms with Crippen LogP contribution in [0, 0.1) is 11.3 Å². The lowest BCUT2D eigenvalue weighted by Gasteiger charge is -2.14. The number of ketones is 1. The minimum absolute atomic E-state index is 0.329. The van der Waals surface area contributed by atoms with Gasteiger partial charge < -0.3 is 14.0 Å². The summed E-state index contributed by atoms with van der Waals surface area (Å²) in [5.74, 6) is 0.878. The molecular weight excluding hydrogens is 472 g/mol. The first kappa shape index (κ1) is 22.0. The van der Waals surface area contributed by atoms with Crippen molar-refractivity contribution in [1.82, 2.24) is 14.8 Å². The van der Waals surface area contributed by atoms with Crippen molar-refractivity contribution in [3.8, 4) is 17.6 Å². The summed E-state index contributed by atoms with van der Waals surface area (Å²) in [6.07, 6.45) is 3.95. The molecule has 0 aliphatic carbocycles. The lowest BCUT2D eigenvalue weighted by atomic mass is 9.97. The van der Waals surface area contributed by atoms with Crippen molar-refractivity contribution in [3.05, 3.63) is 69.7 Å². The largest absolute Gasteiger partial charge is 0.493 e. The van der Waals surface area contributed by atoms with Crippen LogP contribution in [0.1, 0.15) is 52.8 Å². The Kier molecular flexibility index (Phi) is 6.86. The van der Waals surface area contributed by atoms with E-state index < -0.39 is 5.92 Å². The van der Waals surface area contributed by atoms with Crippen molar-refractivity contribution in [2.24, 2.45) is 0 Å². The molecule has 2 heterocycles. The number of methoxy groups -OCH3 is 1. The molecule has 0 saturated carbocycles. The molecular formula is C24H23BrN4O3. The molecule has 4 rings (SSSR count). The summed E-state index contributed by atoms with van der Waals surface area (Å²) in [7, 11) is 1.52. The van der Waals surface area contributed by atoms with Gasteiger partial charge in [-0.1, -0.05) is 34.5 Å². The Morgan fingerprint density at radius 3 is 2.72 bits per heavy atom. The second kappa shape index (κ2) is 9.96. The molecule has 0 N–H and O–H groups in total. The number of aryl methyl sites for hydroxylation is 1. The van der Waals surface area contributed by atoms with Crippen molar-refractivity contribution in [3.63, 3.8) is 0 Å². The summed E-state index contributed by atoms with van der Waals surface area (Å²) in [5.41, 5.74) is 1.38. The standard InChI is InChI=1S/C24H23BrN4O3/c1-31-21-13-17(8-11-20(21)32-15-16-6-9-18(25)10-7-16)23(30)19(14-26)24-28-27-22-5-3-2-4-12-29(22)24/h6-11,13,19H,2-5,12,15H2,1H3. The number of hydrogen-bond acceptors (Lipinski definition) is 6. The molecule has 7 nitrogen and oxygen atoms in total. The summed E-state index contributed by atoms with van der Waals surface area (Å²) in [5, 5.41) is 18.2. The maximum absolute atomic E-state index is 13.2. The minimum Gasteiger partial charge on any atom is -0.493 e. The highest BCUT2D eigenvalue weighted by Crippen LogP contribution is 2.31. The molecule has 0 radical (unpaired) electrons. The third-order valence-electron chi connectivity index (χ3n) is 5.54. The zero-order valence-corrected chi connectivity index (χ0v) is 19.3. The number of carbonyl (C=O) groups excluding carboxylic acids is 1. The first-order valence-corrected chi connectivity index (χ1v) is 11.3. The zero-order chi connectivity index (χ0) is 22.5. The van der Waals surface area contributed by atoms with Gasteiger partial charge in [0.1, 0.15) is 12.4 Å². The predicted octanol–water partition coefficient (Wildman–Crippen LogP) is 4.84. The number of halogens is 1. The zero-order valence-electron chi connectivity index (χ0n) is 17.8. The Hall–Kier alpha value is -3.18. The molecule has 1 aromatic heterocycles. The van der Waals surface area contributed by atoms with E-state index in [2.05, 4.69) is 32.2 Å². The molecule has 0 saturated heterocycles. The van der Waals surface area contributed by atoms with E-state index in [4.69, 9.17) is 9.47 Å². The molecule has 8 heteroatoms. The summed E-state index contributed by atoms with van der Waals surface area (Å²) >= 11 is 3.42. The van der Waals surface area contributed by atoms with E-state index in [-0.39, 0.29) is 5.78 Å². The van der Waals surface area contributed by atoms with Crippen molar-refractivity contribution < 1.29 is 14.3 Å². The van der Waals surface area contributed by atoms with E-state index in [1.54, 1.807) is 18.2 Å². The number of Topliss-reactive ketones (excluding diaryl/α,β-unsaturated/α-hetero) is 1. The van der Waals surface area contributed by atoms with Gasteiger partial charge in [-0.3, -0.25) is 4.79 Å². The van der Waals surface area contributed by atoms with Crippen molar-refractivity contribution >= 4 is 21.7 Å². The Morgan fingerprint density at radius 2 is 1.97 bits per heavy atom. The molecule has 1 aliphatic heterocycles. The van der Waals surface area contributed by atoms with E-state index in [9.17, 15) is 10.1 Å². The van der Waals surface area contributed by atoms with Crippen molar-refractivity contribution in [2.75, 3.05) is 7.11 Å². The molecule has 0 amide bonds. The molecule has 164 valence electrons. The van der Waals surface area contributed by atoms with Crippen LogP contribution in [0.4, 0.5) is 0 Å². The molecule has 0 spiro atoms. The number of nitrogens with zero attached hydrogens (tertiary/aromatic N) is 4. The smallest absolute Gasteiger partial charge is 0.187 e. The maximum atomic E-state index is 13.2. The second-order valence-corrected chi connectivity index (χ2v) is 8.56. The summed E-state index contributed by atoms with van der Waals surface area (Å²) in [4.78, 5) is 13.2. The highest BCUT2D eigenvalue weighted by atomic mass is 79.9. The fourth-order valence-electron chi connectivity index (χ4n) is 3.80. The lowest BCUT2D eigenvalue weighted by molar-refractivity contribution is 0.0974. The maximum Gasteiger partial charge on any atom is 0.187 e. The van der Waals surface area contributed by atoms with Gasteiger partial charge in [-0.05, 0) is 48.7 Å². The molecule has 3 aromatic rings. The molecule has 0 fully saturated rings. The topological polar surface area (TPSA) is 90.0 Å². The van der Waals surface area contributed by atoms with E-state index in [1.807, 2.05) is 28.8 Å². The van der Waals surface area contributed by atoms with Gasteiger partial charge in [-0.25, -0.2) is 0 Å². The Labute approximate surface area is 195 Å². The van der Waals surface area contributed by atoms with Gasteiger partial charge in [0.15, 0.2) is 29.0 Å². The molecule has 1 atom stereocenters. The van der Waals surface area contributed by atoms with Crippen LogP contribution in [0.15, 0.2) is 46.9 Å². The highest BCUT2D eigenvalue weighted by Gasteiger charge is 2.29. The second-order valence-electron chi connectivity index (χ2n) is 7.64.